The van der Waals surface area contributed by atoms with Gasteiger partial charge < -0.3 is 24.5 Å². The van der Waals surface area contributed by atoms with Gasteiger partial charge in [0.15, 0.2) is 11.5 Å². The van der Waals surface area contributed by atoms with Crippen molar-refractivity contribution >= 4 is 40.9 Å². The van der Waals surface area contributed by atoms with Crippen molar-refractivity contribution in [3.63, 3.8) is 0 Å². The number of methoxy groups -OCH3 is 2. The zero-order valence-electron chi connectivity index (χ0n) is 18.2. The summed E-state index contributed by atoms with van der Waals surface area (Å²) in [5.74, 6) is -0.328. The van der Waals surface area contributed by atoms with Crippen LogP contribution in [0.5, 0.6) is 11.5 Å². The molecule has 0 saturated carbocycles. The van der Waals surface area contributed by atoms with Crippen LogP contribution in [0, 0.1) is 0 Å². The minimum Gasteiger partial charge on any atom is -0.493 e. The third kappa shape index (κ3) is 7.02. The standard InChI is InChI=1S/C21H18ClF3N4O5S/c1-32-15-6-3-11(7-16(15)33-2)19(31)26-9-18-28-29-20(34-18)35-10-17(30)27-14-8-12(21(23,24)25)4-5-13(14)22/h3-8H,9-10H2,1-2H3,(H,26,31)(H,27,30). The molecule has 3 aromatic rings. The molecule has 0 atom stereocenters. The first kappa shape index (κ1) is 26.2. The maximum absolute atomic E-state index is 12.9. The molecule has 0 aliphatic rings. The fourth-order valence-electron chi connectivity index (χ4n) is 2.71. The van der Waals surface area contributed by atoms with Crippen LogP contribution in [0.4, 0.5) is 18.9 Å². The normalized spacial score (nSPS) is 11.1. The molecule has 0 unspecified atom stereocenters. The highest BCUT2D eigenvalue weighted by atomic mass is 35.5. The Kier molecular flexibility index (Phi) is 8.46. The average Bonchev–Trinajstić information content (AvgIpc) is 3.29. The Morgan fingerprint density at radius 3 is 2.51 bits per heavy atom. The molecule has 3 rings (SSSR count). The van der Waals surface area contributed by atoms with E-state index < -0.39 is 23.6 Å². The number of benzene rings is 2. The van der Waals surface area contributed by atoms with Crippen LogP contribution in [0.1, 0.15) is 21.8 Å². The molecule has 9 nitrogen and oxygen atoms in total. The average molecular weight is 531 g/mol. The van der Waals surface area contributed by atoms with E-state index in [2.05, 4.69) is 20.8 Å². The largest absolute Gasteiger partial charge is 0.493 e. The fraction of sp³-hybridized carbons (Fsp3) is 0.238. The van der Waals surface area contributed by atoms with E-state index in [0.717, 1.165) is 30.0 Å². The third-order valence-electron chi connectivity index (χ3n) is 4.39. The molecule has 186 valence electrons. The van der Waals surface area contributed by atoms with Crippen LogP contribution in [0.3, 0.4) is 0 Å². The Balaban J connectivity index is 1.52. The SMILES string of the molecule is COc1ccc(C(=O)NCc2nnc(SCC(=O)Nc3cc(C(F)(F)F)ccc3Cl)o2)cc1OC. The number of thioether (sulfide) groups is 1. The summed E-state index contributed by atoms with van der Waals surface area (Å²) in [6.45, 7) is -0.0766. The highest BCUT2D eigenvalue weighted by molar-refractivity contribution is 7.99. The summed E-state index contributed by atoms with van der Waals surface area (Å²) < 4.78 is 54.2. The van der Waals surface area contributed by atoms with Gasteiger partial charge in [0.25, 0.3) is 11.1 Å². The maximum atomic E-state index is 12.9. The second kappa shape index (κ2) is 11.3. The fourth-order valence-corrected chi connectivity index (χ4v) is 3.46. The summed E-state index contributed by atoms with van der Waals surface area (Å²) in [5, 5.41) is 12.5. The summed E-state index contributed by atoms with van der Waals surface area (Å²) in [4.78, 5) is 24.5. The highest BCUT2D eigenvalue weighted by Crippen LogP contribution is 2.34. The lowest BCUT2D eigenvalue weighted by molar-refractivity contribution is -0.137. The summed E-state index contributed by atoms with van der Waals surface area (Å²) in [6, 6.07) is 7.27. The summed E-state index contributed by atoms with van der Waals surface area (Å²) in [5.41, 5.74) is -0.792. The number of nitrogens with zero attached hydrogens (tertiary/aromatic N) is 2. The number of alkyl halides is 3. The van der Waals surface area contributed by atoms with Crippen molar-refractivity contribution in [1.82, 2.24) is 15.5 Å². The van der Waals surface area contributed by atoms with Crippen molar-refractivity contribution in [1.29, 1.82) is 0 Å². The van der Waals surface area contributed by atoms with Gasteiger partial charge in [-0.1, -0.05) is 23.4 Å². The molecule has 2 amide bonds. The number of ether oxygens (including phenoxy) is 2. The lowest BCUT2D eigenvalue weighted by Gasteiger charge is -2.11. The summed E-state index contributed by atoms with van der Waals surface area (Å²) in [6.07, 6.45) is -4.58. The van der Waals surface area contributed by atoms with Crippen LogP contribution < -0.4 is 20.1 Å². The van der Waals surface area contributed by atoms with Crippen molar-refractivity contribution in [2.45, 2.75) is 17.9 Å². The van der Waals surface area contributed by atoms with Crippen LogP contribution in [0.25, 0.3) is 0 Å². The van der Waals surface area contributed by atoms with Gasteiger partial charge in [-0.3, -0.25) is 9.59 Å². The van der Waals surface area contributed by atoms with Crippen molar-refractivity contribution in [2.75, 3.05) is 25.3 Å². The molecule has 2 N–H and O–H groups in total. The summed E-state index contributed by atoms with van der Waals surface area (Å²) in [7, 11) is 2.93. The number of aromatic nitrogens is 2. The zero-order chi connectivity index (χ0) is 25.6. The van der Waals surface area contributed by atoms with Crippen molar-refractivity contribution in [3.8, 4) is 11.5 Å². The second-order valence-electron chi connectivity index (χ2n) is 6.74. The van der Waals surface area contributed by atoms with E-state index in [1.165, 1.54) is 20.3 Å². The van der Waals surface area contributed by atoms with Crippen molar-refractivity contribution < 1.29 is 36.7 Å². The van der Waals surface area contributed by atoms with Crippen molar-refractivity contribution in [3.05, 3.63) is 58.4 Å². The molecule has 0 bridgehead atoms. The van der Waals surface area contributed by atoms with Gasteiger partial charge in [-0.25, -0.2) is 0 Å². The first-order chi connectivity index (χ1) is 16.6. The molecule has 35 heavy (non-hydrogen) atoms. The topological polar surface area (TPSA) is 116 Å². The number of anilines is 1. The molecule has 0 spiro atoms. The van der Waals surface area contributed by atoms with Crippen LogP contribution in [0.2, 0.25) is 5.02 Å². The van der Waals surface area contributed by atoms with E-state index in [1.807, 2.05) is 0 Å². The number of hydrogen-bond donors (Lipinski definition) is 2. The van der Waals surface area contributed by atoms with E-state index in [4.69, 9.17) is 25.5 Å². The maximum Gasteiger partial charge on any atom is 0.416 e. The van der Waals surface area contributed by atoms with E-state index in [0.29, 0.717) is 17.1 Å². The third-order valence-corrected chi connectivity index (χ3v) is 5.54. The molecule has 1 heterocycles. The molecule has 2 aromatic carbocycles. The Labute approximate surface area is 206 Å². The molecular weight excluding hydrogens is 513 g/mol. The molecule has 14 heteroatoms. The minimum absolute atomic E-state index is 0.0330. The molecule has 0 radical (unpaired) electrons. The quantitative estimate of drug-likeness (QED) is 0.391. The first-order valence-electron chi connectivity index (χ1n) is 9.72. The predicted molar refractivity (Wildman–Crippen MR) is 121 cm³/mol. The van der Waals surface area contributed by atoms with Gasteiger partial charge in [-0.15, -0.1) is 10.2 Å². The molecule has 0 saturated heterocycles. The highest BCUT2D eigenvalue weighted by Gasteiger charge is 2.31. The predicted octanol–water partition coefficient (Wildman–Crippen LogP) is 4.42. The van der Waals surface area contributed by atoms with Gasteiger partial charge in [0.2, 0.25) is 11.8 Å². The zero-order valence-corrected chi connectivity index (χ0v) is 19.8. The Morgan fingerprint density at radius 2 is 1.83 bits per heavy atom. The van der Waals surface area contributed by atoms with Gasteiger partial charge in [0.1, 0.15) is 0 Å². The van der Waals surface area contributed by atoms with Gasteiger partial charge in [-0.05, 0) is 36.4 Å². The lowest BCUT2D eigenvalue weighted by Crippen LogP contribution is -2.23. The van der Waals surface area contributed by atoms with E-state index in [9.17, 15) is 22.8 Å². The lowest BCUT2D eigenvalue weighted by atomic mass is 10.2. The first-order valence-corrected chi connectivity index (χ1v) is 11.1. The van der Waals surface area contributed by atoms with E-state index in [1.54, 1.807) is 12.1 Å². The monoisotopic (exact) mass is 530 g/mol. The van der Waals surface area contributed by atoms with Crippen LogP contribution >= 0.6 is 23.4 Å². The van der Waals surface area contributed by atoms with Gasteiger partial charge in [0.05, 0.1) is 42.8 Å². The molecule has 0 aliphatic carbocycles. The van der Waals surface area contributed by atoms with Gasteiger partial charge in [-0.2, -0.15) is 13.2 Å². The number of halogens is 4. The van der Waals surface area contributed by atoms with Crippen LogP contribution in [0.15, 0.2) is 46.0 Å². The Bertz CT molecular complexity index is 1220. The minimum atomic E-state index is -4.58. The number of amides is 2. The Hall–Kier alpha value is -3.45. The summed E-state index contributed by atoms with van der Waals surface area (Å²) >= 11 is 6.73. The Morgan fingerprint density at radius 1 is 1.09 bits per heavy atom. The molecule has 0 fully saturated rings. The number of carbonyl (C=O) groups excluding carboxylic acids is 2. The number of carbonyl (C=O) groups is 2. The van der Waals surface area contributed by atoms with E-state index in [-0.39, 0.29) is 34.1 Å². The molecular formula is C21H18ClF3N4O5S. The smallest absolute Gasteiger partial charge is 0.416 e. The van der Waals surface area contributed by atoms with Crippen LogP contribution in [-0.2, 0) is 17.5 Å². The van der Waals surface area contributed by atoms with Crippen molar-refractivity contribution in [2.24, 2.45) is 0 Å². The second-order valence-corrected chi connectivity index (χ2v) is 8.08. The van der Waals surface area contributed by atoms with Gasteiger partial charge in [0, 0.05) is 5.56 Å². The van der Waals surface area contributed by atoms with Crippen LogP contribution in [-0.4, -0.2) is 42.0 Å². The molecule has 0 aliphatic heterocycles. The molecule has 1 aromatic heterocycles. The van der Waals surface area contributed by atoms with E-state index >= 15 is 0 Å². The number of nitrogens with one attached hydrogen (secondary N) is 2. The number of rotatable bonds is 9. The number of hydrogen-bond acceptors (Lipinski definition) is 8. The van der Waals surface area contributed by atoms with Gasteiger partial charge >= 0.3 is 6.18 Å².